The van der Waals surface area contributed by atoms with Crippen molar-refractivity contribution in [2.24, 2.45) is 0 Å². The van der Waals surface area contributed by atoms with Gasteiger partial charge in [-0.05, 0) is 36.2 Å². The van der Waals surface area contributed by atoms with E-state index in [0.29, 0.717) is 13.2 Å². The van der Waals surface area contributed by atoms with Crippen LogP contribution in [0.3, 0.4) is 0 Å². The normalized spacial score (nSPS) is 10.4. The summed E-state index contributed by atoms with van der Waals surface area (Å²) in [5.74, 6) is 0.849. The number of anilines is 1. The van der Waals surface area contributed by atoms with E-state index < -0.39 is 0 Å². The van der Waals surface area contributed by atoms with Gasteiger partial charge >= 0.3 is 0 Å². The molecule has 0 aliphatic rings. The van der Waals surface area contributed by atoms with Gasteiger partial charge in [-0.15, -0.1) is 0 Å². The number of aryl methyl sites for hydroxylation is 1. The molecular weight excluding hydrogens is 330 g/mol. The fourth-order valence-electron chi connectivity index (χ4n) is 1.89. The Bertz CT molecular complexity index is 587. The van der Waals surface area contributed by atoms with Gasteiger partial charge in [-0.2, -0.15) is 0 Å². The first kappa shape index (κ1) is 15.9. The fraction of sp³-hybridized carbons (Fsp3) is 0.294. The van der Waals surface area contributed by atoms with Gasteiger partial charge in [-0.25, -0.2) is 0 Å². The predicted octanol–water partition coefficient (Wildman–Crippen LogP) is 4.39. The second kappa shape index (κ2) is 8.05. The average molecular weight is 350 g/mol. The molecule has 2 rings (SSSR count). The topological polar surface area (TPSA) is 30.5 Å². The van der Waals surface area contributed by atoms with Crippen LogP contribution in [0.2, 0.25) is 0 Å². The Morgan fingerprint density at radius 2 is 1.95 bits per heavy atom. The quantitative estimate of drug-likeness (QED) is 0.751. The lowest BCUT2D eigenvalue weighted by atomic mass is 10.1. The van der Waals surface area contributed by atoms with Crippen molar-refractivity contribution in [3.63, 3.8) is 0 Å². The van der Waals surface area contributed by atoms with Gasteiger partial charge in [0, 0.05) is 29.9 Å². The molecule has 112 valence electrons. The second-order valence-electron chi connectivity index (χ2n) is 4.81. The van der Waals surface area contributed by atoms with Crippen molar-refractivity contribution in [1.82, 2.24) is 0 Å². The minimum Gasteiger partial charge on any atom is -0.491 e. The highest BCUT2D eigenvalue weighted by molar-refractivity contribution is 9.10. The molecule has 0 bridgehead atoms. The largest absolute Gasteiger partial charge is 0.491 e. The van der Waals surface area contributed by atoms with Crippen LogP contribution in [0.15, 0.2) is 46.9 Å². The molecule has 0 spiro atoms. The van der Waals surface area contributed by atoms with E-state index in [4.69, 9.17) is 9.47 Å². The Labute approximate surface area is 134 Å². The van der Waals surface area contributed by atoms with Crippen LogP contribution in [0.5, 0.6) is 5.75 Å². The van der Waals surface area contributed by atoms with E-state index in [9.17, 15) is 0 Å². The van der Waals surface area contributed by atoms with E-state index in [1.54, 1.807) is 7.11 Å². The number of halogens is 1. The molecule has 0 aliphatic carbocycles. The minimum absolute atomic E-state index is 0.560. The monoisotopic (exact) mass is 349 g/mol. The smallest absolute Gasteiger partial charge is 0.121 e. The summed E-state index contributed by atoms with van der Waals surface area (Å²) in [7, 11) is 1.67. The summed E-state index contributed by atoms with van der Waals surface area (Å²) in [6, 6.07) is 14.4. The molecule has 3 nitrogen and oxygen atoms in total. The first-order valence-corrected chi connectivity index (χ1v) is 7.69. The highest BCUT2D eigenvalue weighted by Crippen LogP contribution is 2.20. The van der Waals surface area contributed by atoms with Crippen LogP contribution in [-0.4, -0.2) is 20.3 Å². The van der Waals surface area contributed by atoms with Crippen LogP contribution in [0, 0.1) is 6.92 Å². The number of benzene rings is 2. The maximum Gasteiger partial charge on any atom is 0.121 e. The van der Waals surface area contributed by atoms with Crippen molar-refractivity contribution in [3.8, 4) is 5.75 Å². The molecule has 0 saturated heterocycles. The summed E-state index contributed by atoms with van der Waals surface area (Å²) in [4.78, 5) is 0. The van der Waals surface area contributed by atoms with E-state index in [1.165, 1.54) is 11.1 Å². The number of rotatable bonds is 7. The minimum atomic E-state index is 0.560. The Hall–Kier alpha value is -1.52. The second-order valence-corrected chi connectivity index (χ2v) is 5.66. The molecule has 0 atom stereocenters. The summed E-state index contributed by atoms with van der Waals surface area (Å²) in [6.45, 7) is 4.02. The number of hydrogen-bond donors (Lipinski definition) is 1. The standard InChI is InChI=1S/C17H20BrNO2/c1-13-6-7-14(10-17(13)18)12-19-15-4-3-5-16(11-15)21-9-8-20-2/h3-7,10-11,19H,8-9,12H2,1-2H3. The van der Waals surface area contributed by atoms with Gasteiger partial charge < -0.3 is 14.8 Å². The Morgan fingerprint density at radius 1 is 1.10 bits per heavy atom. The number of nitrogens with one attached hydrogen (secondary N) is 1. The average Bonchev–Trinajstić information content (AvgIpc) is 2.49. The SMILES string of the molecule is COCCOc1cccc(NCc2ccc(C)c(Br)c2)c1. The molecule has 0 amide bonds. The third-order valence-electron chi connectivity index (χ3n) is 3.12. The van der Waals surface area contributed by atoms with Crippen molar-refractivity contribution >= 4 is 21.6 Å². The summed E-state index contributed by atoms with van der Waals surface area (Å²) < 4.78 is 11.7. The van der Waals surface area contributed by atoms with Crippen LogP contribution < -0.4 is 10.1 Å². The number of hydrogen-bond acceptors (Lipinski definition) is 3. The van der Waals surface area contributed by atoms with Crippen molar-refractivity contribution in [1.29, 1.82) is 0 Å². The molecule has 0 heterocycles. The molecular formula is C17H20BrNO2. The van der Waals surface area contributed by atoms with E-state index >= 15 is 0 Å². The highest BCUT2D eigenvalue weighted by Gasteiger charge is 2.00. The van der Waals surface area contributed by atoms with Gasteiger partial charge in [0.15, 0.2) is 0 Å². The summed E-state index contributed by atoms with van der Waals surface area (Å²) in [5, 5.41) is 3.41. The van der Waals surface area contributed by atoms with Crippen LogP contribution >= 0.6 is 15.9 Å². The maximum atomic E-state index is 5.60. The zero-order chi connectivity index (χ0) is 15.1. The van der Waals surface area contributed by atoms with Gasteiger partial charge in [0.05, 0.1) is 6.61 Å². The van der Waals surface area contributed by atoms with Gasteiger partial charge in [-0.1, -0.05) is 34.1 Å². The lowest BCUT2D eigenvalue weighted by Crippen LogP contribution is -2.05. The number of methoxy groups -OCH3 is 1. The molecule has 0 radical (unpaired) electrons. The van der Waals surface area contributed by atoms with Crippen LogP contribution in [-0.2, 0) is 11.3 Å². The Morgan fingerprint density at radius 3 is 2.71 bits per heavy atom. The summed E-state index contributed by atoms with van der Waals surface area (Å²) in [5.41, 5.74) is 3.52. The van der Waals surface area contributed by atoms with Crippen LogP contribution in [0.1, 0.15) is 11.1 Å². The molecule has 2 aromatic rings. The molecule has 4 heteroatoms. The van der Waals surface area contributed by atoms with Crippen LogP contribution in [0.25, 0.3) is 0 Å². The summed E-state index contributed by atoms with van der Waals surface area (Å²) >= 11 is 3.56. The van der Waals surface area contributed by atoms with E-state index in [0.717, 1.165) is 22.5 Å². The van der Waals surface area contributed by atoms with E-state index in [2.05, 4.69) is 46.4 Å². The maximum absolute atomic E-state index is 5.60. The Balaban J connectivity index is 1.93. The van der Waals surface area contributed by atoms with Gasteiger partial charge in [0.25, 0.3) is 0 Å². The summed E-state index contributed by atoms with van der Waals surface area (Å²) in [6.07, 6.45) is 0. The van der Waals surface area contributed by atoms with Crippen LogP contribution in [0.4, 0.5) is 5.69 Å². The predicted molar refractivity (Wildman–Crippen MR) is 90.0 cm³/mol. The van der Waals surface area contributed by atoms with Crippen molar-refractivity contribution in [2.75, 3.05) is 25.6 Å². The van der Waals surface area contributed by atoms with Gasteiger partial charge in [0.1, 0.15) is 12.4 Å². The van der Waals surface area contributed by atoms with Gasteiger partial charge in [0.2, 0.25) is 0 Å². The fourth-order valence-corrected chi connectivity index (χ4v) is 2.32. The molecule has 0 saturated carbocycles. The third kappa shape index (κ3) is 5.06. The first-order chi connectivity index (χ1) is 10.2. The molecule has 1 N–H and O–H groups in total. The van der Waals surface area contributed by atoms with Crippen molar-refractivity contribution in [3.05, 3.63) is 58.1 Å². The highest BCUT2D eigenvalue weighted by atomic mass is 79.9. The molecule has 0 aromatic heterocycles. The number of ether oxygens (including phenoxy) is 2. The first-order valence-electron chi connectivity index (χ1n) is 6.90. The van der Waals surface area contributed by atoms with Crippen molar-refractivity contribution in [2.45, 2.75) is 13.5 Å². The molecule has 0 fully saturated rings. The zero-order valence-corrected chi connectivity index (χ0v) is 13.9. The molecule has 0 unspecified atom stereocenters. The lowest BCUT2D eigenvalue weighted by Gasteiger charge is -2.10. The van der Waals surface area contributed by atoms with Gasteiger partial charge in [-0.3, -0.25) is 0 Å². The lowest BCUT2D eigenvalue weighted by molar-refractivity contribution is 0.146. The zero-order valence-electron chi connectivity index (χ0n) is 12.4. The molecule has 2 aromatic carbocycles. The molecule has 0 aliphatic heterocycles. The third-order valence-corrected chi connectivity index (χ3v) is 3.98. The van der Waals surface area contributed by atoms with E-state index in [1.807, 2.05) is 24.3 Å². The van der Waals surface area contributed by atoms with E-state index in [-0.39, 0.29) is 0 Å². The van der Waals surface area contributed by atoms with Crippen molar-refractivity contribution < 1.29 is 9.47 Å². The Kier molecular flexibility index (Phi) is 6.08. The molecule has 21 heavy (non-hydrogen) atoms.